The van der Waals surface area contributed by atoms with Gasteiger partial charge in [-0.05, 0) is 19.3 Å². The van der Waals surface area contributed by atoms with E-state index in [0.717, 1.165) is 6.61 Å². The highest BCUT2D eigenvalue weighted by Crippen LogP contribution is 2.10. The predicted molar refractivity (Wildman–Crippen MR) is 53.8 cm³/mol. The summed E-state index contributed by atoms with van der Waals surface area (Å²) >= 11 is 0. The third-order valence-corrected chi connectivity index (χ3v) is 4.21. The van der Waals surface area contributed by atoms with Crippen LogP contribution in [0.4, 0.5) is 0 Å². The van der Waals surface area contributed by atoms with Crippen molar-refractivity contribution < 1.29 is 4.74 Å². The van der Waals surface area contributed by atoms with Crippen molar-refractivity contribution in [3.63, 3.8) is 0 Å². The summed E-state index contributed by atoms with van der Waals surface area (Å²) in [4.78, 5) is 8.36. The first-order valence-electron chi connectivity index (χ1n) is 4.81. The Labute approximate surface area is 80.4 Å². The van der Waals surface area contributed by atoms with E-state index in [0.29, 0.717) is 5.73 Å². The van der Waals surface area contributed by atoms with E-state index in [1.165, 1.54) is 24.6 Å². The normalized spacial score (nSPS) is 23.8. The molecule has 0 aliphatic carbocycles. The maximum atomic E-state index is 5.68. The van der Waals surface area contributed by atoms with Crippen LogP contribution >= 0.6 is 0 Å². The van der Waals surface area contributed by atoms with Crippen LogP contribution < -0.4 is 5.32 Å². The van der Waals surface area contributed by atoms with Crippen molar-refractivity contribution in [2.24, 2.45) is 0 Å². The smallest absolute Gasteiger partial charge is 0.114 e. The molecule has 70 valence electrons. The average molecular weight is 194 g/mol. The number of rotatable bonds is 2. The van der Waals surface area contributed by atoms with Crippen molar-refractivity contribution in [1.29, 1.82) is 0 Å². The first-order valence-corrected chi connectivity index (χ1v) is 6.34. The highest BCUT2D eigenvalue weighted by atomic mass is 28.2. The van der Waals surface area contributed by atoms with Crippen molar-refractivity contribution in [2.45, 2.75) is 25.0 Å². The van der Waals surface area contributed by atoms with Gasteiger partial charge in [-0.15, -0.1) is 0 Å². The Morgan fingerprint density at radius 3 is 3.08 bits per heavy atom. The Bertz CT molecular complexity index is 249. The summed E-state index contributed by atoms with van der Waals surface area (Å²) in [6.45, 7) is 0.942. The molecule has 0 aromatic carbocycles. The van der Waals surface area contributed by atoms with E-state index in [1.807, 2.05) is 6.20 Å². The lowest BCUT2D eigenvalue weighted by Gasteiger charge is -2.21. The van der Waals surface area contributed by atoms with E-state index in [4.69, 9.17) is 4.74 Å². The molecule has 0 spiro atoms. The summed E-state index contributed by atoms with van der Waals surface area (Å²) in [6.07, 6.45) is 9.14. The van der Waals surface area contributed by atoms with E-state index in [2.05, 4.69) is 9.97 Å². The molecule has 1 unspecified atom stereocenters. The van der Waals surface area contributed by atoms with Gasteiger partial charge >= 0.3 is 0 Å². The Hall–Kier alpha value is -0.743. The molecule has 1 aliphatic heterocycles. The standard InChI is InChI=1S/C9H14N2OSi/c1-2-6-12-9(3-1)13-8-7-10-4-5-11-8/h4-5,7,9H,1-3,6,13H2. The van der Waals surface area contributed by atoms with Crippen molar-refractivity contribution in [2.75, 3.05) is 6.61 Å². The maximum absolute atomic E-state index is 5.68. The molecule has 0 N–H and O–H groups in total. The largest absolute Gasteiger partial charge is 0.382 e. The maximum Gasteiger partial charge on any atom is 0.114 e. The minimum Gasteiger partial charge on any atom is -0.382 e. The summed E-state index contributed by atoms with van der Waals surface area (Å²) in [5.41, 5.74) is 0.505. The summed E-state index contributed by atoms with van der Waals surface area (Å²) in [5.74, 6) is 0. The monoisotopic (exact) mass is 194 g/mol. The van der Waals surface area contributed by atoms with Crippen LogP contribution in [0.25, 0.3) is 0 Å². The molecule has 1 atom stereocenters. The molecular formula is C9H14N2OSi. The molecule has 1 aromatic rings. The molecule has 2 rings (SSSR count). The van der Waals surface area contributed by atoms with Crippen LogP contribution in [-0.2, 0) is 4.74 Å². The van der Waals surface area contributed by atoms with Gasteiger partial charge in [0, 0.05) is 36.2 Å². The Morgan fingerprint density at radius 2 is 2.38 bits per heavy atom. The predicted octanol–water partition coefficient (Wildman–Crippen LogP) is -0.203. The summed E-state index contributed by atoms with van der Waals surface area (Å²) in [7, 11) is -0.353. The fraction of sp³-hybridized carbons (Fsp3) is 0.556. The van der Waals surface area contributed by atoms with Gasteiger partial charge in [0.25, 0.3) is 0 Å². The van der Waals surface area contributed by atoms with Crippen LogP contribution in [0.1, 0.15) is 19.3 Å². The summed E-state index contributed by atoms with van der Waals surface area (Å²) in [6, 6.07) is 0. The van der Waals surface area contributed by atoms with Gasteiger partial charge in [-0.1, -0.05) is 0 Å². The second-order valence-corrected chi connectivity index (χ2v) is 5.43. The van der Waals surface area contributed by atoms with Gasteiger partial charge in [0.05, 0.1) is 0 Å². The van der Waals surface area contributed by atoms with Crippen LogP contribution in [-0.4, -0.2) is 31.8 Å². The van der Waals surface area contributed by atoms with E-state index >= 15 is 0 Å². The molecule has 2 heterocycles. The number of aromatic nitrogens is 2. The van der Waals surface area contributed by atoms with Crippen molar-refractivity contribution in [1.82, 2.24) is 9.97 Å². The molecule has 0 amide bonds. The minimum atomic E-state index is -0.353. The zero-order valence-corrected chi connectivity index (χ0v) is 9.06. The number of nitrogens with zero attached hydrogens (tertiary/aromatic N) is 2. The summed E-state index contributed by atoms with van der Waals surface area (Å²) in [5, 5.41) is 1.18. The lowest BCUT2D eigenvalue weighted by Crippen LogP contribution is -2.34. The quantitative estimate of drug-likeness (QED) is 0.612. The van der Waals surface area contributed by atoms with E-state index in [9.17, 15) is 0 Å². The topological polar surface area (TPSA) is 35.0 Å². The number of ether oxygens (including phenoxy) is 1. The van der Waals surface area contributed by atoms with Gasteiger partial charge in [0.2, 0.25) is 0 Å². The first-order chi connectivity index (χ1) is 6.45. The lowest BCUT2D eigenvalue weighted by atomic mass is 10.2. The van der Waals surface area contributed by atoms with Crippen LogP contribution in [0.5, 0.6) is 0 Å². The SMILES string of the molecule is c1cnc([SiH2]C2CCCCO2)cn1. The molecule has 1 aromatic heterocycles. The fourth-order valence-corrected chi connectivity index (χ4v) is 3.30. The Balaban J connectivity index is 1.90. The third-order valence-electron chi connectivity index (χ3n) is 2.33. The second kappa shape index (κ2) is 4.48. The van der Waals surface area contributed by atoms with Crippen LogP contribution in [0.15, 0.2) is 18.6 Å². The molecule has 1 fully saturated rings. The van der Waals surface area contributed by atoms with Gasteiger partial charge < -0.3 is 4.74 Å². The molecule has 3 nitrogen and oxygen atoms in total. The van der Waals surface area contributed by atoms with Gasteiger partial charge in [-0.2, -0.15) is 0 Å². The molecule has 0 radical (unpaired) electrons. The van der Waals surface area contributed by atoms with Crippen molar-refractivity contribution in [3.05, 3.63) is 18.6 Å². The molecule has 1 aliphatic rings. The number of hydrogen-bond donors (Lipinski definition) is 0. The molecule has 13 heavy (non-hydrogen) atoms. The second-order valence-electron chi connectivity index (χ2n) is 3.39. The molecule has 0 saturated carbocycles. The molecular weight excluding hydrogens is 180 g/mol. The average Bonchev–Trinajstić information content (AvgIpc) is 2.21. The molecule has 0 bridgehead atoms. The Morgan fingerprint density at radius 1 is 1.38 bits per heavy atom. The zero-order valence-electron chi connectivity index (χ0n) is 7.65. The van der Waals surface area contributed by atoms with E-state index in [1.54, 1.807) is 12.4 Å². The number of hydrogen-bond acceptors (Lipinski definition) is 3. The van der Waals surface area contributed by atoms with Crippen LogP contribution in [0.3, 0.4) is 0 Å². The van der Waals surface area contributed by atoms with E-state index < -0.39 is 0 Å². The molecule has 4 heteroatoms. The van der Waals surface area contributed by atoms with Gasteiger partial charge in [0.15, 0.2) is 0 Å². The lowest BCUT2D eigenvalue weighted by molar-refractivity contribution is 0.0660. The fourth-order valence-electron chi connectivity index (χ4n) is 1.64. The van der Waals surface area contributed by atoms with Crippen molar-refractivity contribution in [3.8, 4) is 0 Å². The van der Waals surface area contributed by atoms with Gasteiger partial charge in [-0.3, -0.25) is 9.97 Å². The first kappa shape index (κ1) is 8.84. The van der Waals surface area contributed by atoms with Gasteiger partial charge in [-0.25, -0.2) is 0 Å². The zero-order chi connectivity index (χ0) is 8.93. The van der Waals surface area contributed by atoms with Crippen LogP contribution in [0, 0.1) is 0 Å². The Kier molecular flexibility index (Phi) is 3.05. The van der Waals surface area contributed by atoms with Gasteiger partial charge in [0.1, 0.15) is 9.52 Å². The van der Waals surface area contributed by atoms with Crippen LogP contribution in [0.2, 0.25) is 0 Å². The highest BCUT2D eigenvalue weighted by Gasteiger charge is 2.15. The summed E-state index contributed by atoms with van der Waals surface area (Å²) < 4.78 is 5.68. The third kappa shape index (κ3) is 2.60. The van der Waals surface area contributed by atoms with E-state index in [-0.39, 0.29) is 9.52 Å². The molecule has 1 saturated heterocycles. The minimum absolute atomic E-state index is 0.353. The van der Waals surface area contributed by atoms with Crippen molar-refractivity contribution >= 4 is 14.8 Å². The highest BCUT2D eigenvalue weighted by molar-refractivity contribution is 6.53.